The van der Waals surface area contributed by atoms with E-state index in [2.05, 4.69) is 25.1 Å². The Kier molecular flexibility index (Phi) is 9.06. The Morgan fingerprint density at radius 2 is 1.68 bits per heavy atom. The maximum Gasteiger partial charge on any atom is 0.258 e. The van der Waals surface area contributed by atoms with Crippen LogP contribution in [0.4, 0.5) is 5.82 Å². The minimum Gasteiger partial charge on any atom is -0.481 e. The summed E-state index contributed by atoms with van der Waals surface area (Å²) in [5, 5.41) is 22.8. The fourth-order valence-electron chi connectivity index (χ4n) is 6.53. The molecule has 4 heterocycles. The molecule has 3 aliphatic rings. The molecule has 47 heavy (non-hydrogen) atoms. The number of anilines is 1. The molecule has 0 spiro atoms. The van der Waals surface area contributed by atoms with Gasteiger partial charge in [0.1, 0.15) is 16.9 Å². The number of nitrogens with zero attached hydrogens (tertiary/aromatic N) is 4. The summed E-state index contributed by atoms with van der Waals surface area (Å²) in [4.78, 5) is 26.6. The van der Waals surface area contributed by atoms with Crippen LogP contribution in [-0.4, -0.2) is 81.4 Å². The van der Waals surface area contributed by atoms with Crippen LogP contribution < -0.4 is 14.8 Å². The third-order valence-electron chi connectivity index (χ3n) is 8.92. The van der Waals surface area contributed by atoms with Crippen LogP contribution in [0.1, 0.15) is 45.1 Å². The summed E-state index contributed by atoms with van der Waals surface area (Å²) >= 11 is 13.6. The van der Waals surface area contributed by atoms with Gasteiger partial charge in [0.05, 0.1) is 29.9 Å². The third-order valence-corrected chi connectivity index (χ3v) is 9.60. The molecule has 2 fully saturated rings. The summed E-state index contributed by atoms with van der Waals surface area (Å²) in [5.74, 6) is 0.830. The van der Waals surface area contributed by atoms with Crippen LogP contribution in [0, 0.1) is 0 Å². The van der Waals surface area contributed by atoms with Crippen molar-refractivity contribution in [3.05, 3.63) is 98.7 Å². The van der Waals surface area contributed by atoms with Gasteiger partial charge in [0.25, 0.3) is 5.91 Å². The number of rotatable bonds is 10. The number of aliphatic hydroxyl groups excluding tert-OH is 2. The summed E-state index contributed by atoms with van der Waals surface area (Å²) in [6.45, 7) is 3.81. The zero-order chi connectivity index (χ0) is 32.7. The molecule has 0 saturated carbocycles. The zero-order valence-corrected chi connectivity index (χ0v) is 27.3. The third kappa shape index (κ3) is 6.67. The number of likely N-dealkylation sites (tertiary alicyclic amines) is 2. The molecule has 10 nitrogen and oxygen atoms in total. The summed E-state index contributed by atoms with van der Waals surface area (Å²) in [6, 6.07) is 17.0. The van der Waals surface area contributed by atoms with Crippen LogP contribution in [0.3, 0.4) is 0 Å². The monoisotopic (exact) mass is 675 g/mol. The molecule has 1 atom stereocenters. The van der Waals surface area contributed by atoms with Gasteiger partial charge in [-0.3, -0.25) is 14.6 Å². The molecule has 2 saturated heterocycles. The summed E-state index contributed by atoms with van der Waals surface area (Å²) in [5.41, 5.74) is 6.00. The van der Waals surface area contributed by atoms with Crippen molar-refractivity contribution >= 4 is 34.9 Å². The highest BCUT2D eigenvalue weighted by atomic mass is 35.5. The van der Waals surface area contributed by atoms with Gasteiger partial charge < -0.3 is 25.0 Å². The highest BCUT2D eigenvalue weighted by Gasteiger charge is 2.30. The minimum atomic E-state index is -0.347. The number of benzene rings is 2. The van der Waals surface area contributed by atoms with Crippen LogP contribution >= 0.6 is 23.2 Å². The predicted molar refractivity (Wildman–Crippen MR) is 179 cm³/mol. The van der Waals surface area contributed by atoms with Gasteiger partial charge in [0.2, 0.25) is 11.8 Å². The fourth-order valence-corrected chi connectivity index (χ4v) is 7.06. The van der Waals surface area contributed by atoms with Gasteiger partial charge >= 0.3 is 0 Å². The van der Waals surface area contributed by atoms with E-state index >= 15 is 0 Å². The first-order valence-electron chi connectivity index (χ1n) is 15.6. The van der Waals surface area contributed by atoms with Crippen LogP contribution in [0.2, 0.25) is 10.0 Å². The minimum absolute atomic E-state index is 0.254. The molecular formula is C35H35Cl2N5O5. The average molecular weight is 677 g/mol. The number of hydrogen-bond donors (Lipinski definition) is 3. The number of ether oxygens (including phenoxy) is 2. The second-order valence-corrected chi connectivity index (χ2v) is 13.1. The van der Waals surface area contributed by atoms with E-state index < -0.39 is 0 Å². The molecule has 2 aromatic heterocycles. The van der Waals surface area contributed by atoms with Gasteiger partial charge in [-0.05, 0) is 53.3 Å². The lowest BCUT2D eigenvalue weighted by atomic mass is 9.95. The van der Waals surface area contributed by atoms with Crippen LogP contribution in [0.15, 0.2) is 60.8 Å². The summed E-state index contributed by atoms with van der Waals surface area (Å²) in [7, 11) is 1.57. The van der Waals surface area contributed by atoms with Crippen molar-refractivity contribution < 1.29 is 24.5 Å². The largest absolute Gasteiger partial charge is 0.481 e. The standard InChI is InChI=1S/C35H35Cl2N5O5/c1-46-34-21(15-42-18-23(44)19-42)12-29(36)35(40-34)47-30-10-9-25-24(4-2-5-26(25)30)27-6-3-7-28(32(27)37)33(45)39-31-11-8-20(13-38-31)14-41-16-22(43)17-41/h2-8,11-13,22-23,30,43-44H,9-10,14-19H2,1H3,(H,38,39,45). The van der Waals surface area contributed by atoms with Crippen molar-refractivity contribution in [1.82, 2.24) is 19.8 Å². The number of halogens is 2. The average Bonchev–Trinajstić information content (AvgIpc) is 3.44. The number of aromatic nitrogens is 2. The summed E-state index contributed by atoms with van der Waals surface area (Å²) < 4.78 is 11.9. The maximum absolute atomic E-state index is 13.3. The lowest BCUT2D eigenvalue weighted by Crippen LogP contribution is -2.49. The van der Waals surface area contributed by atoms with Gasteiger partial charge in [0.15, 0.2) is 0 Å². The maximum atomic E-state index is 13.3. The number of amides is 1. The first-order valence-corrected chi connectivity index (χ1v) is 16.4. The molecule has 244 valence electrons. The van der Waals surface area contributed by atoms with Crippen molar-refractivity contribution in [3.63, 3.8) is 0 Å². The number of methoxy groups -OCH3 is 1. The number of carbonyl (C=O) groups excluding carboxylic acids is 1. The number of pyridine rings is 2. The van der Waals surface area contributed by atoms with Gasteiger partial charge in [-0.1, -0.05) is 59.6 Å². The Balaban J connectivity index is 1.07. The Labute approximate surface area is 282 Å². The summed E-state index contributed by atoms with van der Waals surface area (Å²) in [6.07, 6.45) is 2.37. The first-order chi connectivity index (χ1) is 22.7. The molecule has 3 N–H and O–H groups in total. The number of β-amino-alcohol motifs (C(OH)–C–C–N with tert-alkyl or cyclic N) is 2. The van der Waals surface area contributed by atoms with E-state index in [1.807, 2.05) is 42.5 Å². The van der Waals surface area contributed by atoms with Gasteiger partial charge in [-0.15, -0.1) is 0 Å². The van der Waals surface area contributed by atoms with Crippen molar-refractivity contribution in [3.8, 4) is 22.9 Å². The number of nitrogens with one attached hydrogen (secondary N) is 1. The van der Waals surface area contributed by atoms with Crippen molar-refractivity contribution in [2.24, 2.45) is 0 Å². The number of aliphatic hydroxyl groups is 2. The molecule has 1 aliphatic carbocycles. The Bertz CT molecular complexity index is 1790. The van der Waals surface area contributed by atoms with E-state index in [0.29, 0.717) is 72.5 Å². The Morgan fingerprint density at radius 1 is 0.957 bits per heavy atom. The van der Waals surface area contributed by atoms with Crippen LogP contribution in [0.25, 0.3) is 11.1 Å². The van der Waals surface area contributed by atoms with E-state index in [4.69, 9.17) is 32.7 Å². The topological polar surface area (TPSA) is 120 Å². The van der Waals surface area contributed by atoms with E-state index in [1.54, 1.807) is 25.4 Å². The normalized spacial score (nSPS) is 18.4. The second kappa shape index (κ2) is 13.4. The molecule has 1 unspecified atom stereocenters. The van der Waals surface area contributed by atoms with Crippen molar-refractivity contribution in [2.75, 3.05) is 38.6 Å². The van der Waals surface area contributed by atoms with Crippen LogP contribution in [0.5, 0.6) is 11.8 Å². The molecule has 0 bridgehead atoms. The highest BCUT2D eigenvalue weighted by Crippen LogP contribution is 2.43. The van der Waals surface area contributed by atoms with Crippen molar-refractivity contribution in [2.45, 2.75) is 44.2 Å². The number of carbonyl (C=O) groups is 1. The molecule has 12 heteroatoms. The van der Waals surface area contributed by atoms with Crippen LogP contribution in [-0.2, 0) is 19.5 Å². The number of hydrogen-bond acceptors (Lipinski definition) is 9. The molecule has 0 radical (unpaired) electrons. The fraction of sp³-hybridized carbons (Fsp3) is 0.343. The van der Waals surface area contributed by atoms with Crippen molar-refractivity contribution in [1.29, 1.82) is 0 Å². The quantitative estimate of drug-likeness (QED) is 0.210. The SMILES string of the molecule is COc1nc(OC2CCc3c(-c4cccc(C(=O)Nc5ccc(CN6CC(O)C6)cn5)c4Cl)cccc32)c(Cl)cc1CN1CC(O)C1. The number of fused-ring (bicyclic) bond motifs is 1. The van der Waals surface area contributed by atoms with Gasteiger partial charge in [-0.25, -0.2) is 4.98 Å². The molecule has 2 aliphatic heterocycles. The predicted octanol–water partition coefficient (Wildman–Crippen LogP) is 5.13. The zero-order valence-electron chi connectivity index (χ0n) is 25.8. The molecule has 1 amide bonds. The second-order valence-electron chi connectivity index (χ2n) is 12.3. The van der Waals surface area contributed by atoms with E-state index in [-0.39, 0.29) is 24.2 Å². The highest BCUT2D eigenvalue weighted by molar-refractivity contribution is 6.37. The first kappa shape index (κ1) is 31.8. The smallest absolute Gasteiger partial charge is 0.258 e. The Hall–Kier alpha value is -3.77. The van der Waals surface area contributed by atoms with E-state index in [9.17, 15) is 15.0 Å². The van der Waals surface area contributed by atoms with Gasteiger partial charge in [0, 0.05) is 56.6 Å². The molecule has 4 aromatic rings. The molecule has 7 rings (SSSR count). The lowest BCUT2D eigenvalue weighted by molar-refractivity contribution is -0.00342. The Morgan fingerprint density at radius 3 is 2.38 bits per heavy atom. The molecule has 2 aromatic carbocycles. The lowest BCUT2D eigenvalue weighted by Gasteiger charge is -2.35. The van der Waals surface area contributed by atoms with E-state index in [0.717, 1.165) is 46.2 Å². The molecular weight excluding hydrogens is 641 g/mol. The van der Waals surface area contributed by atoms with Gasteiger partial charge in [-0.2, -0.15) is 4.98 Å². The van der Waals surface area contributed by atoms with E-state index in [1.165, 1.54) is 0 Å².